The maximum atomic E-state index is 13.3. The Hall–Kier alpha value is -2.94. The zero-order chi connectivity index (χ0) is 23.8. The normalized spacial score (nSPS) is 16.9. The first-order valence-electron chi connectivity index (χ1n) is 11.3. The van der Waals surface area contributed by atoms with Gasteiger partial charge in [-0.15, -0.1) is 0 Å². The van der Waals surface area contributed by atoms with Gasteiger partial charge < -0.3 is 20.9 Å². The van der Waals surface area contributed by atoms with Crippen LogP contribution in [0.5, 0.6) is 0 Å². The van der Waals surface area contributed by atoms with Crippen LogP contribution in [0, 0.1) is 0 Å². The zero-order valence-corrected chi connectivity index (χ0v) is 20.2. The minimum Gasteiger partial charge on any atom is -0.360 e. The summed E-state index contributed by atoms with van der Waals surface area (Å²) in [5, 5.41) is 5.13. The molecule has 4 aromatic rings. The molecule has 0 saturated carbocycles. The largest absolute Gasteiger partial charge is 0.360 e. The van der Waals surface area contributed by atoms with E-state index < -0.39 is 0 Å². The number of nitrogens with zero attached hydrogens (tertiary/aromatic N) is 4. The Labute approximate surface area is 206 Å². The molecule has 176 valence electrons. The molecule has 1 aliphatic rings. The highest BCUT2D eigenvalue weighted by Crippen LogP contribution is 2.31. The third-order valence-electron chi connectivity index (χ3n) is 6.32. The van der Waals surface area contributed by atoms with Crippen LogP contribution in [0.1, 0.15) is 48.4 Å². The quantitative estimate of drug-likeness (QED) is 0.347. The van der Waals surface area contributed by atoms with Gasteiger partial charge >= 0.3 is 0 Å². The molecule has 1 fully saturated rings. The zero-order valence-electron chi connectivity index (χ0n) is 18.7. The molecule has 0 radical (unpaired) electrons. The predicted octanol–water partition coefficient (Wildman–Crippen LogP) is 4.94. The number of anilines is 1. The number of aromatic nitrogens is 4. The molecule has 0 spiro atoms. The Morgan fingerprint density at radius 1 is 1.26 bits per heavy atom. The summed E-state index contributed by atoms with van der Waals surface area (Å²) in [5.74, 6) is 1.28. The summed E-state index contributed by atoms with van der Waals surface area (Å²) in [7, 11) is 0. The molecule has 5 rings (SSSR count). The highest BCUT2D eigenvalue weighted by Gasteiger charge is 2.30. The number of nitrogens with two attached hydrogens (primary N) is 1. The number of aromatic amines is 1. The van der Waals surface area contributed by atoms with Gasteiger partial charge in [-0.05, 0) is 63.1 Å². The average Bonchev–Trinajstić information content (AvgIpc) is 3.45. The van der Waals surface area contributed by atoms with Gasteiger partial charge in [0.2, 0.25) is 0 Å². The van der Waals surface area contributed by atoms with Gasteiger partial charge in [-0.2, -0.15) is 0 Å². The lowest BCUT2D eigenvalue weighted by Gasteiger charge is -2.25. The molecule has 1 saturated heterocycles. The number of carbonyl (C=O) groups is 1. The number of amides is 1. The van der Waals surface area contributed by atoms with Crippen molar-refractivity contribution in [3.05, 3.63) is 58.1 Å². The summed E-state index contributed by atoms with van der Waals surface area (Å²) < 4.78 is 0. The number of fused-ring (bicyclic) bond motifs is 2. The number of nitrogens with one attached hydrogen (secondary N) is 2. The molecule has 2 aromatic carbocycles. The monoisotopic (exact) mass is 497 g/mol. The first-order valence-corrected chi connectivity index (χ1v) is 12.1. The minimum atomic E-state index is -0.175. The minimum absolute atomic E-state index is 0.0784. The Bertz CT molecular complexity index is 1370. The van der Waals surface area contributed by atoms with Crippen LogP contribution in [-0.4, -0.2) is 49.9 Å². The maximum absolute atomic E-state index is 13.3. The van der Waals surface area contributed by atoms with E-state index in [2.05, 4.69) is 25.3 Å². The number of likely N-dealkylation sites (tertiary alicyclic amines) is 1. The van der Waals surface area contributed by atoms with E-state index in [1.165, 1.54) is 6.33 Å². The predicted molar refractivity (Wildman–Crippen MR) is 135 cm³/mol. The van der Waals surface area contributed by atoms with Gasteiger partial charge in [0.25, 0.3) is 5.91 Å². The van der Waals surface area contributed by atoms with Gasteiger partial charge in [-0.3, -0.25) is 4.79 Å². The van der Waals surface area contributed by atoms with E-state index in [1.807, 2.05) is 30.0 Å². The second-order valence-corrected chi connectivity index (χ2v) is 9.44. The maximum Gasteiger partial charge on any atom is 0.255 e. The van der Waals surface area contributed by atoms with Crippen LogP contribution in [0.25, 0.3) is 21.9 Å². The molecule has 10 heteroatoms. The number of imidazole rings is 1. The number of halogens is 2. The summed E-state index contributed by atoms with van der Waals surface area (Å²) in [5.41, 5.74) is 8.53. The van der Waals surface area contributed by atoms with E-state index in [4.69, 9.17) is 28.9 Å². The van der Waals surface area contributed by atoms with Crippen LogP contribution in [0.3, 0.4) is 0 Å². The van der Waals surface area contributed by atoms with Crippen molar-refractivity contribution in [3.63, 3.8) is 0 Å². The fraction of sp³-hybridized carbons (Fsp3) is 0.333. The molecule has 8 nitrogen and oxygen atoms in total. The molecule has 0 bridgehead atoms. The summed E-state index contributed by atoms with van der Waals surface area (Å²) in [4.78, 5) is 31.9. The summed E-state index contributed by atoms with van der Waals surface area (Å²) >= 11 is 12.7. The van der Waals surface area contributed by atoms with Gasteiger partial charge in [-0.1, -0.05) is 23.2 Å². The fourth-order valence-corrected chi connectivity index (χ4v) is 4.99. The van der Waals surface area contributed by atoms with Crippen LogP contribution in [0.4, 0.5) is 5.82 Å². The van der Waals surface area contributed by atoms with Crippen LogP contribution in [-0.2, 0) is 0 Å². The van der Waals surface area contributed by atoms with Gasteiger partial charge in [0.05, 0.1) is 33.2 Å². The number of rotatable bonds is 6. The van der Waals surface area contributed by atoms with Crippen LogP contribution in [0.2, 0.25) is 10.0 Å². The number of H-pyrrole nitrogens is 1. The first-order chi connectivity index (χ1) is 16.4. The molecule has 2 aromatic heterocycles. The molecular weight excluding hydrogens is 473 g/mol. The lowest BCUT2D eigenvalue weighted by molar-refractivity contribution is 0.0732. The molecule has 1 aliphatic heterocycles. The number of benzene rings is 2. The summed E-state index contributed by atoms with van der Waals surface area (Å²) in [6.45, 7) is 3.25. The second-order valence-electron chi connectivity index (χ2n) is 8.59. The van der Waals surface area contributed by atoms with Crippen LogP contribution < -0.4 is 11.1 Å². The van der Waals surface area contributed by atoms with Gasteiger partial charge in [0, 0.05) is 23.0 Å². The Morgan fingerprint density at radius 2 is 2.12 bits per heavy atom. The Balaban J connectivity index is 1.43. The topological polar surface area (TPSA) is 113 Å². The van der Waals surface area contributed by atoms with Gasteiger partial charge in [-0.25, -0.2) is 15.0 Å². The lowest BCUT2D eigenvalue weighted by Crippen LogP contribution is -2.36. The van der Waals surface area contributed by atoms with E-state index in [0.29, 0.717) is 40.0 Å². The van der Waals surface area contributed by atoms with E-state index in [9.17, 15) is 4.79 Å². The standard InChI is InChI=1S/C24H25Cl2N7O/c1-13(22-31-19-5-4-14(25)9-21(19)32-22)30-23-17-10-18(26)16(11-20(17)28-12-29-23)24(34)33-8-2-3-15(33)6-7-27/h4-5,9-13,15H,2-3,6-8,27H2,1H3,(H,31,32)(H,28,29,30)/t13-,15+/m1/s1. The SMILES string of the molecule is C[C@@H](Nc1ncnc2cc(C(=O)N3CCC[C@H]3CCN)c(Cl)cc12)c1nc2cc(Cl)ccc2[nH]1. The van der Waals surface area contributed by atoms with E-state index in [1.54, 1.807) is 12.1 Å². The molecule has 0 aliphatic carbocycles. The molecule has 3 heterocycles. The Kier molecular flexibility index (Phi) is 6.29. The van der Waals surface area contributed by atoms with Crippen molar-refractivity contribution < 1.29 is 4.79 Å². The molecule has 1 amide bonds. The van der Waals surface area contributed by atoms with Crippen molar-refractivity contribution in [1.29, 1.82) is 0 Å². The van der Waals surface area contributed by atoms with Crippen molar-refractivity contribution >= 4 is 56.9 Å². The molecular formula is C24H25Cl2N7O. The molecule has 34 heavy (non-hydrogen) atoms. The smallest absolute Gasteiger partial charge is 0.255 e. The lowest BCUT2D eigenvalue weighted by atomic mass is 10.1. The summed E-state index contributed by atoms with van der Waals surface area (Å²) in [6.07, 6.45) is 4.21. The third-order valence-corrected chi connectivity index (χ3v) is 6.87. The van der Waals surface area contributed by atoms with Crippen molar-refractivity contribution in [2.45, 2.75) is 38.3 Å². The number of hydrogen-bond donors (Lipinski definition) is 3. The number of carbonyl (C=O) groups excluding carboxylic acids is 1. The summed E-state index contributed by atoms with van der Waals surface area (Å²) in [6, 6.07) is 9.03. The van der Waals surface area contributed by atoms with Crippen LogP contribution in [0.15, 0.2) is 36.7 Å². The van der Waals surface area contributed by atoms with Crippen molar-refractivity contribution in [1.82, 2.24) is 24.8 Å². The average molecular weight is 498 g/mol. The van der Waals surface area contributed by atoms with Crippen molar-refractivity contribution in [2.24, 2.45) is 5.73 Å². The third kappa shape index (κ3) is 4.29. The first kappa shape index (κ1) is 22.8. The van der Waals surface area contributed by atoms with Crippen LogP contribution >= 0.6 is 23.2 Å². The molecule has 2 atom stereocenters. The Morgan fingerprint density at radius 3 is 2.94 bits per heavy atom. The second kappa shape index (κ2) is 9.37. The van der Waals surface area contributed by atoms with E-state index in [0.717, 1.165) is 41.5 Å². The highest BCUT2D eigenvalue weighted by atomic mass is 35.5. The van der Waals surface area contributed by atoms with E-state index >= 15 is 0 Å². The molecule has 0 unspecified atom stereocenters. The van der Waals surface area contributed by atoms with Gasteiger partial charge in [0.15, 0.2) is 0 Å². The number of hydrogen-bond acceptors (Lipinski definition) is 6. The molecule has 4 N–H and O–H groups in total. The van der Waals surface area contributed by atoms with Crippen molar-refractivity contribution in [3.8, 4) is 0 Å². The van der Waals surface area contributed by atoms with Crippen molar-refractivity contribution in [2.75, 3.05) is 18.4 Å². The fourth-order valence-electron chi connectivity index (χ4n) is 4.58. The van der Waals surface area contributed by atoms with Gasteiger partial charge in [0.1, 0.15) is 18.0 Å². The highest BCUT2D eigenvalue weighted by molar-refractivity contribution is 6.35. The van der Waals surface area contributed by atoms with E-state index in [-0.39, 0.29) is 18.0 Å².